The molecule has 3 N–H and O–H groups in total. The van der Waals surface area contributed by atoms with Gasteiger partial charge in [0.05, 0.1) is 26.4 Å². The van der Waals surface area contributed by atoms with Crippen LogP contribution in [0.3, 0.4) is 0 Å². The highest BCUT2D eigenvalue weighted by Crippen LogP contribution is 2.45. The van der Waals surface area contributed by atoms with E-state index in [0.29, 0.717) is 25.7 Å². The van der Waals surface area contributed by atoms with Crippen molar-refractivity contribution in [2.24, 2.45) is 5.92 Å². The number of esters is 4. The van der Waals surface area contributed by atoms with E-state index in [0.717, 1.165) is 102 Å². The molecule has 2 unspecified atom stereocenters. The maximum absolute atomic E-state index is 13.1. The lowest BCUT2D eigenvalue weighted by Gasteiger charge is -2.21. The summed E-state index contributed by atoms with van der Waals surface area (Å²) in [6.07, 6.45) is 68.6. The van der Waals surface area contributed by atoms with Gasteiger partial charge in [0.15, 0.2) is 12.2 Å². The van der Waals surface area contributed by atoms with Crippen LogP contribution in [-0.4, -0.2) is 96.7 Å². The molecule has 0 radical (unpaired) electrons. The first-order valence-electron chi connectivity index (χ1n) is 43.1. The number of phosphoric acid groups is 2. The van der Waals surface area contributed by atoms with Gasteiger partial charge in [-0.05, 0) is 31.6 Å². The number of aliphatic hydroxyl groups is 1. The molecule has 17 nitrogen and oxygen atoms in total. The molecule has 102 heavy (non-hydrogen) atoms. The Balaban J connectivity index is 5.10. The topological polar surface area (TPSA) is 237 Å². The van der Waals surface area contributed by atoms with E-state index in [4.69, 9.17) is 37.0 Å². The van der Waals surface area contributed by atoms with E-state index in [1.807, 2.05) is 0 Å². The highest BCUT2D eigenvalue weighted by atomic mass is 31.2. The Kier molecular flexibility index (Phi) is 74.4. The number of aliphatic hydroxyl groups excluding tert-OH is 1. The van der Waals surface area contributed by atoms with Crippen LogP contribution in [0.5, 0.6) is 0 Å². The Morgan fingerprint density at radius 1 is 0.265 bits per heavy atom. The van der Waals surface area contributed by atoms with E-state index in [1.165, 1.54) is 263 Å². The van der Waals surface area contributed by atoms with Crippen molar-refractivity contribution < 1.29 is 80.2 Å². The minimum Gasteiger partial charge on any atom is -0.462 e. The lowest BCUT2D eigenvalue weighted by molar-refractivity contribution is -0.161. The number of carbonyl (C=O) groups is 4. The Labute approximate surface area is 626 Å². The van der Waals surface area contributed by atoms with Crippen molar-refractivity contribution in [3.05, 3.63) is 0 Å². The molecule has 0 amide bonds. The monoisotopic (exact) mass is 1490 g/mol. The number of rotatable bonds is 83. The third-order valence-electron chi connectivity index (χ3n) is 19.5. The molecule has 0 spiro atoms. The van der Waals surface area contributed by atoms with Crippen molar-refractivity contribution >= 4 is 39.5 Å². The molecule has 5 atom stereocenters. The molecule has 0 aliphatic rings. The third-order valence-corrected chi connectivity index (χ3v) is 21.4. The summed E-state index contributed by atoms with van der Waals surface area (Å²) >= 11 is 0. The molecule has 0 heterocycles. The van der Waals surface area contributed by atoms with Gasteiger partial charge in [-0.2, -0.15) is 0 Å². The van der Waals surface area contributed by atoms with Crippen molar-refractivity contribution in [3.63, 3.8) is 0 Å². The fourth-order valence-electron chi connectivity index (χ4n) is 12.9. The van der Waals surface area contributed by atoms with E-state index >= 15 is 0 Å². The van der Waals surface area contributed by atoms with Gasteiger partial charge in [-0.25, -0.2) is 9.13 Å². The van der Waals surface area contributed by atoms with Gasteiger partial charge in [-0.15, -0.1) is 0 Å². The van der Waals surface area contributed by atoms with Gasteiger partial charge in [0, 0.05) is 25.7 Å². The Hall–Kier alpha value is -1.94. The van der Waals surface area contributed by atoms with Gasteiger partial charge in [0.1, 0.15) is 19.3 Å². The van der Waals surface area contributed by atoms with E-state index in [-0.39, 0.29) is 25.7 Å². The summed E-state index contributed by atoms with van der Waals surface area (Å²) in [4.78, 5) is 72.8. The van der Waals surface area contributed by atoms with Crippen LogP contribution in [0.4, 0.5) is 0 Å². The second-order valence-electron chi connectivity index (χ2n) is 30.3. The molecule has 0 rings (SSSR count). The van der Waals surface area contributed by atoms with Crippen LogP contribution in [0, 0.1) is 5.92 Å². The molecule has 0 aliphatic heterocycles. The molecule has 19 heteroatoms. The quantitative estimate of drug-likeness (QED) is 0.0222. The summed E-state index contributed by atoms with van der Waals surface area (Å²) in [5.41, 5.74) is 0. The summed E-state index contributed by atoms with van der Waals surface area (Å²) in [6.45, 7) is 7.28. The van der Waals surface area contributed by atoms with Gasteiger partial charge in [0.2, 0.25) is 0 Å². The van der Waals surface area contributed by atoms with Gasteiger partial charge in [0.25, 0.3) is 0 Å². The normalized spacial score (nSPS) is 13.8. The predicted molar refractivity (Wildman–Crippen MR) is 418 cm³/mol. The summed E-state index contributed by atoms with van der Waals surface area (Å²) in [7, 11) is -9.91. The Morgan fingerprint density at radius 3 is 0.667 bits per heavy atom. The molecule has 0 bridgehead atoms. The van der Waals surface area contributed by atoms with E-state index < -0.39 is 97.5 Å². The molecule has 0 aromatic rings. The first kappa shape index (κ1) is 100. The SMILES string of the molecule is CCCCCCCCCCCCCCCCCCCCCCCCC(=O)O[C@H](COC(=O)CCCCCCCCCCCCCCCCCCC(C)C)COP(=O)(O)OC[C@@H](O)COP(=O)(O)OC[C@@H](COC(=O)CCCCCCC)OC(=O)CCCCCCCCCCCCCCCCCC. The average Bonchev–Trinajstić information content (AvgIpc) is 0.939. The molecular formula is C83H162O17P2. The number of phosphoric ester groups is 2. The fourth-order valence-corrected chi connectivity index (χ4v) is 14.5. The number of hydrogen-bond acceptors (Lipinski definition) is 15. The standard InChI is InChI=1S/C83H162O17P2/c1-6-9-12-15-17-19-21-23-25-27-28-29-30-31-32-38-42-46-50-54-59-64-69-83(88)100-79(73-94-81(86)67-62-57-52-48-44-40-37-34-33-35-39-43-47-51-56-60-65-76(4)5)75-98-102(91,92)96-71-77(84)70-95-101(89,90)97-74-78(72-93-80(85)66-61-55-14-11-8-3)99-82(87)68-63-58-53-49-45-41-36-26-24-22-20-18-16-13-10-7-2/h76-79,84H,6-75H2,1-5H3,(H,89,90)(H,91,92)/t77-,78+,79+/m0/s1. The lowest BCUT2D eigenvalue weighted by atomic mass is 10.0. The van der Waals surface area contributed by atoms with E-state index in [9.17, 15) is 43.2 Å². The molecular weight excluding hydrogens is 1330 g/mol. The van der Waals surface area contributed by atoms with E-state index in [1.54, 1.807) is 0 Å². The molecule has 0 fully saturated rings. The first-order valence-corrected chi connectivity index (χ1v) is 46.1. The lowest BCUT2D eigenvalue weighted by Crippen LogP contribution is -2.30. The number of ether oxygens (including phenoxy) is 4. The van der Waals surface area contributed by atoms with Gasteiger partial charge in [-0.1, -0.05) is 394 Å². The van der Waals surface area contributed by atoms with Crippen LogP contribution < -0.4 is 0 Å². The van der Waals surface area contributed by atoms with Gasteiger partial charge >= 0.3 is 39.5 Å². The highest BCUT2D eigenvalue weighted by Gasteiger charge is 2.30. The van der Waals surface area contributed by atoms with Crippen LogP contribution in [0.25, 0.3) is 0 Å². The van der Waals surface area contributed by atoms with Crippen molar-refractivity contribution in [1.29, 1.82) is 0 Å². The Bertz CT molecular complexity index is 1940. The largest absolute Gasteiger partial charge is 0.472 e. The summed E-state index contributed by atoms with van der Waals surface area (Å²) in [5, 5.41) is 10.6. The fraction of sp³-hybridized carbons (Fsp3) is 0.952. The predicted octanol–water partition coefficient (Wildman–Crippen LogP) is 25.2. The highest BCUT2D eigenvalue weighted by molar-refractivity contribution is 7.47. The van der Waals surface area contributed by atoms with Crippen molar-refractivity contribution in [2.45, 2.75) is 464 Å². The average molecular weight is 1490 g/mol. The zero-order valence-electron chi connectivity index (χ0n) is 66.8. The number of unbranched alkanes of at least 4 members (excludes halogenated alkanes) is 55. The second-order valence-corrected chi connectivity index (χ2v) is 33.3. The second kappa shape index (κ2) is 75.9. The van der Waals surface area contributed by atoms with Crippen molar-refractivity contribution in [3.8, 4) is 0 Å². The maximum Gasteiger partial charge on any atom is 0.472 e. The molecule has 0 saturated carbocycles. The van der Waals surface area contributed by atoms with Gasteiger partial charge in [-0.3, -0.25) is 37.3 Å². The summed E-state index contributed by atoms with van der Waals surface area (Å²) in [6, 6.07) is 0. The van der Waals surface area contributed by atoms with E-state index in [2.05, 4.69) is 34.6 Å². The molecule has 0 aliphatic carbocycles. The molecule has 0 aromatic carbocycles. The van der Waals surface area contributed by atoms with Crippen LogP contribution in [0.2, 0.25) is 0 Å². The zero-order valence-corrected chi connectivity index (χ0v) is 68.5. The minimum absolute atomic E-state index is 0.108. The van der Waals surface area contributed by atoms with Crippen LogP contribution >= 0.6 is 15.6 Å². The van der Waals surface area contributed by atoms with Crippen molar-refractivity contribution in [2.75, 3.05) is 39.6 Å². The summed E-state index contributed by atoms with van der Waals surface area (Å²) in [5.74, 6) is -1.30. The van der Waals surface area contributed by atoms with Gasteiger partial charge < -0.3 is 33.8 Å². The summed E-state index contributed by atoms with van der Waals surface area (Å²) < 4.78 is 68.5. The number of hydrogen-bond donors (Lipinski definition) is 3. The Morgan fingerprint density at radius 2 is 0.451 bits per heavy atom. The molecule has 0 aromatic heterocycles. The van der Waals surface area contributed by atoms with Crippen LogP contribution in [-0.2, 0) is 65.4 Å². The zero-order chi connectivity index (χ0) is 74.8. The number of carbonyl (C=O) groups excluding carboxylic acids is 4. The van der Waals surface area contributed by atoms with Crippen molar-refractivity contribution in [1.82, 2.24) is 0 Å². The third kappa shape index (κ3) is 76.3. The first-order chi connectivity index (χ1) is 49.5. The van der Waals surface area contributed by atoms with Crippen LogP contribution in [0.1, 0.15) is 446 Å². The smallest absolute Gasteiger partial charge is 0.462 e. The minimum atomic E-state index is -4.96. The molecule has 0 saturated heterocycles. The van der Waals surface area contributed by atoms with Crippen LogP contribution in [0.15, 0.2) is 0 Å². The molecule has 606 valence electrons. The maximum atomic E-state index is 13.1.